The second-order valence-corrected chi connectivity index (χ2v) is 3.95. The van der Waals surface area contributed by atoms with Gasteiger partial charge in [0.15, 0.2) is 0 Å². The number of hydrogen-bond donors (Lipinski definition) is 2. The first-order valence-electron chi connectivity index (χ1n) is 5.29. The van der Waals surface area contributed by atoms with Gasteiger partial charge in [-0.3, -0.25) is 0 Å². The van der Waals surface area contributed by atoms with E-state index in [1.54, 1.807) is 6.92 Å². The number of carboxylic acids is 1. The summed E-state index contributed by atoms with van der Waals surface area (Å²) in [6.07, 6.45) is -4.11. The Balaban J connectivity index is 0.00000289. The minimum atomic E-state index is -1.33. The first-order chi connectivity index (χ1) is 7.97. The number of ether oxygens (including phenoxy) is 3. The zero-order valence-corrected chi connectivity index (χ0v) is 12.7. The van der Waals surface area contributed by atoms with Gasteiger partial charge in [-0.15, -0.1) is 0 Å². The molecular formula is C10H17NaO7. The van der Waals surface area contributed by atoms with E-state index < -0.39 is 43.1 Å². The fraction of sp³-hybridized carbons (Fsp3) is 0.900. The molecule has 0 aromatic carbocycles. The average Bonchev–Trinajstić information content (AvgIpc) is 2.26. The molecule has 100 valence electrons. The van der Waals surface area contributed by atoms with Crippen molar-refractivity contribution in [2.75, 3.05) is 20.3 Å². The predicted octanol–water partition coefficient (Wildman–Crippen LogP) is -5.72. The molecule has 2 unspecified atom stereocenters. The van der Waals surface area contributed by atoms with Crippen molar-refractivity contribution in [1.29, 1.82) is 0 Å². The Morgan fingerprint density at radius 2 is 2.00 bits per heavy atom. The Morgan fingerprint density at radius 1 is 1.39 bits per heavy atom. The molecule has 7 nitrogen and oxygen atoms in total. The molecule has 1 saturated heterocycles. The zero-order valence-electron chi connectivity index (χ0n) is 10.7. The van der Waals surface area contributed by atoms with Crippen LogP contribution < -0.4 is 34.7 Å². The van der Waals surface area contributed by atoms with Crippen LogP contribution in [0.5, 0.6) is 0 Å². The Hall–Kier alpha value is 0.270. The van der Waals surface area contributed by atoms with Gasteiger partial charge in [-0.05, 0) is 6.92 Å². The average molecular weight is 272 g/mol. The van der Waals surface area contributed by atoms with Crippen molar-refractivity contribution in [2.45, 2.75) is 37.4 Å². The molecule has 1 rings (SSSR count). The number of aliphatic hydroxyl groups excluding tert-OH is 2. The third-order valence-corrected chi connectivity index (χ3v) is 2.70. The van der Waals surface area contributed by atoms with Gasteiger partial charge < -0.3 is 34.3 Å². The van der Waals surface area contributed by atoms with Gasteiger partial charge in [-0.1, -0.05) is 0 Å². The molecule has 0 aromatic rings. The van der Waals surface area contributed by atoms with Crippen molar-refractivity contribution >= 4 is 5.97 Å². The van der Waals surface area contributed by atoms with Crippen molar-refractivity contribution in [3.05, 3.63) is 0 Å². The third kappa shape index (κ3) is 4.75. The molecule has 1 heterocycles. The van der Waals surface area contributed by atoms with Crippen LogP contribution in [0.4, 0.5) is 0 Å². The van der Waals surface area contributed by atoms with Gasteiger partial charge in [0.2, 0.25) is 0 Å². The van der Waals surface area contributed by atoms with Gasteiger partial charge in [0, 0.05) is 7.11 Å². The summed E-state index contributed by atoms with van der Waals surface area (Å²) >= 11 is 0. The summed E-state index contributed by atoms with van der Waals surface area (Å²) in [5.41, 5.74) is 0. The summed E-state index contributed by atoms with van der Waals surface area (Å²) in [4.78, 5) is 10.2. The van der Waals surface area contributed by atoms with E-state index in [1.165, 1.54) is 7.11 Å². The van der Waals surface area contributed by atoms with Crippen LogP contribution in [0.2, 0.25) is 0 Å². The maximum atomic E-state index is 10.2. The summed E-state index contributed by atoms with van der Waals surface area (Å²) in [5, 5.41) is 29.5. The Kier molecular flexibility index (Phi) is 8.57. The number of aliphatic carboxylic acids is 1. The van der Waals surface area contributed by atoms with Crippen LogP contribution in [0.3, 0.4) is 0 Å². The first-order valence-corrected chi connectivity index (χ1v) is 5.29. The molecule has 0 bridgehead atoms. The molecule has 0 aliphatic carbocycles. The van der Waals surface area contributed by atoms with Gasteiger partial charge >= 0.3 is 29.6 Å². The van der Waals surface area contributed by atoms with E-state index in [0.29, 0.717) is 0 Å². The van der Waals surface area contributed by atoms with Gasteiger partial charge in [0.1, 0.15) is 24.4 Å². The molecular weight excluding hydrogens is 255 g/mol. The number of carbonyl (C=O) groups excluding carboxylic acids is 1. The maximum Gasteiger partial charge on any atom is 1.00 e. The number of methoxy groups -OCH3 is 1. The second-order valence-electron chi connectivity index (χ2n) is 3.95. The number of aliphatic hydroxyl groups is 2. The van der Waals surface area contributed by atoms with Gasteiger partial charge in [0.25, 0.3) is 0 Å². The van der Waals surface area contributed by atoms with E-state index in [-0.39, 0.29) is 36.2 Å². The van der Waals surface area contributed by atoms with Crippen LogP contribution >= 0.6 is 0 Å². The molecule has 1 aliphatic rings. The number of rotatable bonds is 5. The van der Waals surface area contributed by atoms with E-state index in [0.717, 1.165) is 0 Å². The minimum absolute atomic E-state index is 0. The summed E-state index contributed by atoms with van der Waals surface area (Å²) < 4.78 is 15.2. The van der Waals surface area contributed by atoms with Crippen LogP contribution in [-0.2, 0) is 19.0 Å². The second kappa shape index (κ2) is 8.44. The Labute approximate surface area is 127 Å². The standard InChI is InChI=1S/C10H18O7.Na/c1-5-8(13)9(14)10(15-2)6(17-5)3-16-4-7(11)12;/h5-6,8-10,13-14H,3-4H2,1-2H3,(H,11,12);/q;+1/p-1/t5-,6?,8?,9+,10+;/m1./s1. The number of carbonyl (C=O) groups is 1. The summed E-state index contributed by atoms with van der Waals surface area (Å²) in [6, 6.07) is 0. The van der Waals surface area contributed by atoms with Crippen molar-refractivity contribution in [3.63, 3.8) is 0 Å². The third-order valence-electron chi connectivity index (χ3n) is 2.70. The van der Waals surface area contributed by atoms with Crippen LogP contribution in [0.15, 0.2) is 0 Å². The molecule has 0 radical (unpaired) electrons. The van der Waals surface area contributed by atoms with E-state index in [9.17, 15) is 20.1 Å². The maximum absolute atomic E-state index is 10.2. The first kappa shape index (κ1) is 18.3. The van der Waals surface area contributed by atoms with Gasteiger partial charge in [-0.2, -0.15) is 0 Å². The molecule has 0 saturated carbocycles. The minimum Gasteiger partial charge on any atom is -0.548 e. The Bertz CT molecular complexity index is 263. The SMILES string of the molecule is CO[C@H]1C(COCC(=O)[O-])O[C@H](C)C(O)[C@@H]1O.[Na+]. The summed E-state index contributed by atoms with van der Waals surface area (Å²) in [6.45, 7) is 0.995. The van der Waals surface area contributed by atoms with Crippen LogP contribution in [-0.4, -0.2) is 67.0 Å². The molecule has 8 heteroatoms. The van der Waals surface area contributed by atoms with Crippen molar-refractivity contribution < 1.29 is 63.9 Å². The van der Waals surface area contributed by atoms with Crippen molar-refractivity contribution in [3.8, 4) is 0 Å². The molecule has 5 atom stereocenters. The molecule has 0 spiro atoms. The molecule has 0 amide bonds. The monoisotopic (exact) mass is 272 g/mol. The topological polar surface area (TPSA) is 108 Å². The van der Waals surface area contributed by atoms with Gasteiger partial charge in [-0.25, -0.2) is 0 Å². The largest absolute Gasteiger partial charge is 1.00 e. The number of hydrogen-bond acceptors (Lipinski definition) is 7. The van der Waals surface area contributed by atoms with E-state index in [2.05, 4.69) is 0 Å². The molecule has 18 heavy (non-hydrogen) atoms. The predicted molar refractivity (Wildman–Crippen MR) is 53.0 cm³/mol. The van der Waals surface area contributed by atoms with Crippen LogP contribution in [0, 0.1) is 0 Å². The van der Waals surface area contributed by atoms with Crippen molar-refractivity contribution in [1.82, 2.24) is 0 Å². The quantitative estimate of drug-likeness (QED) is 0.480. The van der Waals surface area contributed by atoms with Crippen molar-refractivity contribution in [2.24, 2.45) is 0 Å². The summed E-state index contributed by atoms with van der Waals surface area (Å²) in [7, 11) is 1.37. The smallest absolute Gasteiger partial charge is 0.548 e. The molecule has 1 aliphatic heterocycles. The fourth-order valence-corrected chi connectivity index (χ4v) is 1.81. The number of carboxylic acid groups (broad SMARTS) is 1. The molecule has 1 fully saturated rings. The van der Waals surface area contributed by atoms with E-state index >= 15 is 0 Å². The normalized spacial score (nSPS) is 35.9. The zero-order chi connectivity index (χ0) is 13.0. The summed E-state index contributed by atoms with van der Waals surface area (Å²) in [5.74, 6) is -1.33. The molecule has 2 N–H and O–H groups in total. The van der Waals surface area contributed by atoms with Crippen LogP contribution in [0.1, 0.15) is 6.92 Å². The molecule has 0 aromatic heterocycles. The fourth-order valence-electron chi connectivity index (χ4n) is 1.81. The van der Waals surface area contributed by atoms with Crippen LogP contribution in [0.25, 0.3) is 0 Å². The van der Waals surface area contributed by atoms with E-state index in [4.69, 9.17) is 14.2 Å². The van der Waals surface area contributed by atoms with E-state index in [1.807, 2.05) is 0 Å². The Morgan fingerprint density at radius 3 is 2.50 bits per heavy atom. The van der Waals surface area contributed by atoms with Gasteiger partial charge in [0.05, 0.1) is 25.3 Å².